The largest absolute Gasteiger partial charge is 0.445 e. The third-order valence-electron chi connectivity index (χ3n) is 10.2. The minimum Gasteiger partial charge on any atom is -0.445 e. The summed E-state index contributed by atoms with van der Waals surface area (Å²) in [4.78, 5) is 56.9. The van der Waals surface area contributed by atoms with Crippen molar-refractivity contribution in [2.24, 2.45) is 5.92 Å². The molecule has 1 aromatic carbocycles. The monoisotopic (exact) mass is 733 g/mol. The lowest BCUT2D eigenvalue weighted by Gasteiger charge is -2.35. The van der Waals surface area contributed by atoms with Gasteiger partial charge in [-0.05, 0) is 70.9 Å². The Bertz CT molecular complexity index is 1680. The van der Waals surface area contributed by atoms with Crippen LogP contribution in [0.3, 0.4) is 0 Å². The number of amides is 4. The van der Waals surface area contributed by atoms with Gasteiger partial charge < -0.3 is 25.2 Å². The molecule has 2 saturated carbocycles. The van der Waals surface area contributed by atoms with Gasteiger partial charge in [0.05, 0.1) is 23.9 Å². The Labute approximate surface area is 297 Å². The number of nitrogens with one attached hydrogen (secondary N) is 3. The number of hydrogen-bond donors (Lipinski definition) is 4. The first-order chi connectivity index (χ1) is 24.1. The summed E-state index contributed by atoms with van der Waals surface area (Å²) in [6.07, 6.45) is 4.22. The van der Waals surface area contributed by atoms with E-state index in [2.05, 4.69) is 15.4 Å². The smallest absolute Gasteiger partial charge is 0.410 e. The number of hydrogen-bond acceptors (Lipinski definition) is 10. The number of aliphatic hydroxyl groups is 1. The van der Waals surface area contributed by atoms with Gasteiger partial charge >= 0.3 is 12.2 Å². The van der Waals surface area contributed by atoms with Crippen molar-refractivity contribution in [3.05, 3.63) is 47.3 Å². The Hall–Kier alpha value is -3.76. The van der Waals surface area contributed by atoms with Crippen LogP contribution in [0.1, 0.15) is 89.7 Å². The van der Waals surface area contributed by atoms with Crippen LogP contribution < -0.4 is 15.4 Å². The first kappa shape index (κ1) is 37.0. The molecular weight excluding hydrogens is 685 g/mol. The number of aliphatic hydroxyl groups excluding tert-OH is 1. The number of carbonyl (C=O) groups is 4. The SMILES string of the molecule is CC(C)(C)OC(=O)N[C@H]1CCCCC/C=C\[C@@H]2C[C@@]2(C(=O)NS(=O)(=O)C2CC2)NC(=O)[C@@H]2C[C@@H](OC(=O)N3Cc4cccc(F)c4C3)CN2C1O. The van der Waals surface area contributed by atoms with Crippen LogP contribution in [0.15, 0.2) is 30.4 Å². The van der Waals surface area contributed by atoms with E-state index in [1.165, 1.54) is 15.9 Å². The number of fused-ring (bicyclic) bond motifs is 3. The van der Waals surface area contributed by atoms with Crippen molar-refractivity contribution in [2.45, 2.75) is 132 Å². The maximum Gasteiger partial charge on any atom is 0.410 e. The van der Waals surface area contributed by atoms with Gasteiger partial charge in [-0.1, -0.05) is 37.1 Å². The predicted molar refractivity (Wildman–Crippen MR) is 181 cm³/mol. The maximum absolute atomic E-state index is 14.4. The average molecular weight is 734 g/mol. The summed E-state index contributed by atoms with van der Waals surface area (Å²) in [5.74, 6) is -2.36. The van der Waals surface area contributed by atoms with Crippen molar-refractivity contribution in [2.75, 3.05) is 6.54 Å². The lowest BCUT2D eigenvalue weighted by atomic mass is 10.0. The average Bonchev–Trinajstić information content (AvgIpc) is 3.93. The van der Waals surface area contributed by atoms with Gasteiger partial charge in [-0.25, -0.2) is 22.4 Å². The molecule has 1 aromatic rings. The lowest BCUT2D eigenvalue weighted by molar-refractivity contribution is -0.135. The molecule has 0 bridgehead atoms. The van der Waals surface area contributed by atoms with Crippen LogP contribution in [-0.4, -0.2) is 94.7 Å². The summed E-state index contributed by atoms with van der Waals surface area (Å²) in [5, 5.41) is 16.8. The summed E-state index contributed by atoms with van der Waals surface area (Å²) in [5.41, 5.74) is -1.27. The fraction of sp³-hybridized carbons (Fsp3) is 0.657. The second-order valence-corrected chi connectivity index (χ2v) is 17.3. The van der Waals surface area contributed by atoms with Gasteiger partial charge in [0.1, 0.15) is 29.3 Å². The minimum atomic E-state index is -3.90. The molecule has 16 heteroatoms. The number of ether oxygens (including phenoxy) is 2. The molecule has 6 rings (SSSR count). The second kappa shape index (κ2) is 14.3. The number of sulfonamides is 1. The van der Waals surface area contributed by atoms with Gasteiger partial charge in [0.2, 0.25) is 15.9 Å². The van der Waals surface area contributed by atoms with Gasteiger partial charge in [-0.15, -0.1) is 0 Å². The molecule has 14 nitrogen and oxygen atoms in total. The summed E-state index contributed by atoms with van der Waals surface area (Å²) >= 11 is 0. The molecule has 0 spiro atoms. The minimum absolute atomic E-state index is 0.0159. The molecule has 6 atom stereocenters. The quantitative estimate of drug-likeness (QED) is 0.329. The molecule has 2 aliphatic carbocycles. The number of carbonyl (C=O) groups excluding carboxylic acids is 4. The van der Waals surface area contributed by atoms with Crippen molar-refractivity contribution < 1.29 is 46.6 Å². The van der Waals surface area contributed by atoms with Gasteiger partial charge in [0, 0.05) is 31.0 Å². The molecule has 5 aliphatic rings. The highest BCUT2D eigenvalue weighted by molar-refractivity contribution is 7.91. The van der Waals surface area contributed by atoms with Gasteiger partial charge in [0.15, 0.2) is 0 Å². The Morgan fingerprint density at radius 1 is 1.10 bits per heavy atom. The number of halogens is 1. The van der Waals surface area contributed by atoms with E-state index in [1.54, 1.807) is 32.9 Å². The first-order valence-electron chi connectivity index (χ1n) is 17.8. The number of allylic oxidation sites excluding steroid dienone is 1. The van der Waals surface area contributed by atoms with Gasteiger partial charge in [-0.2, -0.15) is 0 Å². The standard InChI is InChI=1S/C35H48FN5O9S/c1-34(2,3)50-32(45)37-27-13-8-6-4-5-7-11-22-17-35(22,31(44)39-51(47,48)24-14-15-24)38-29(42)28-16-23(19-41(28)30(27)43)49-33(46)40-18-21-10-9-12-26(36)25(21)20-40/h7,9-12,22-24,27-28,30,43H,4-6,8,13-20H2,1-3H3,(H,37,45)(H,38,42)(H,39,44)/b11-7-/t22-,23-,27+,28+,30?,35-/m1/s1. The molecule has 0 radical (unpaired) electrons. The summed E-state index contributed by atoms with van der Waals surface area (Å²) in [7, 11) is -3.90. The fourth-order valence-corrected chi connectivity index (χ4v) is 8.56. The second-order valence-electron chi connectivity index (χ2n) is 15.4. The Morgan fingerprint density at radius 3 is 2.57 bits per heavy atom. The van der Waals surface area contributed by atoms with Crippen LogP contribution in [0.4, 0.5) is 14.0 Å². The highest BCUT2D eigenvalue weighted by atomic mass is 32.2. The summed E-state index contributed by atoms with van der Waals surface area (Å²) in [6.45, 7) is 5.22. The summed E-state index contributed by atoms with van der Waals surface area (Å²) in [6, 6.07) is 2.62. The third-order valence-corrected chi connectivity index (χ3v) is 12.0. The Balaban J connectivity index is 1.25. The first-order valence-corrected chi connectivity index (χ1v) is 19.3. The van der Waals surface area contributed by atoms with Crippen molar-refractivity contribution >= 4 is 34.0 Å². The third kappa shape index (κ3) is 8.49. The van der Waals surface area contributed by atoms with E-state index in [0.29, 0.717) is 43.2 Å². The Kier molecular flexibility index (Phi) is 10.4. The van der Waals surface area contributed by atoms with E-state index in [0.717, 1.165) is 12.8 Å². The van der Waals surface area contributed by atoms with Crippen LogP contribution in [0, 0.1) is 11.7 Å². The van der Waals surface area contributed by atoms with Gasteiger partial charge in [0.25, 0.3) is 5.91 Å². The fourth-order valence-electron chi connectivity index (χ4n) is 7.20. The zero-order chi connectivity index (χ0) is 36.7. The van der Waals surface area contributed by atoms with Crippen LogP contribution in [0.25, 0.3) is 0 Å². The molecule has 280 valence electrons. The van der Waals surface area contributed by atoms with E-state index in [-0.39, 0.29) is 32.5 Å². The highest BCUT2D eigenvalue weighted by Crippen LogP contribution is 2.46. The van der Waals surface area contributed by atoms with Crippen molar-refractivity contribution in [1.29, 1.82) is 0 Å². The predicted octanol–water partition coefficient (Wildman–Crippen LogP) is 2.94. The number of benzene rings is 1. The normalized spacial score (nSPS) is 30.7. The molecule has 1 saturated heterocycles. The van der Waals surface area contributed by atoms with Crippen molar-refractivity contribution in [3.63, 3.8) is 0 Å². The molecule has 1 unspecified atom stereocenters. The topological polar surface area (TPSA) is 184 Å². The molecule has 3 aliphatic heterocycles. The zero-order valence-corrected chi connectivity index (χ0v) is 30.0. The van der Waals surface area contributed by atoms with Crippen LogP contribution in [-0.2, 0) is 42.2 Å². The molecule has 4 amide bonds. The van der Waals surface area contributed by atoms with Gasteiger partial charge in [-0.3, -0.25) is 24.1 Å². The molecule has 51 heavy (non-hydrogen) atoms. The Morgan fingerprint density at radius 2 is 1.86 bits per heavy atom. The van der Waals surface area contributed by atoms with E-state index >= 15 is 0 Å². The lowest BCUT2D eigenvalue weighted by Crippen LogP contribution is -2.59. The molecular formula is C35H48FN5O9S. The molecule has 3 heterocycles. The molecule has 3 fully saturated rings. The highest BCUT2D eigenvalue weighted by Gasteiger charge is 2.62. The van der Waals surface area contributed by atoms with Crippen LogP contribution >= 0.6 is 0 Å². The van der Waals surface area contributed by atoms with E-state index in [1.807, 2.05) is 12.2 Å². The molecule has 0 aromatic heterocycles. The van der Waals surface area contributed by atoms with Crippen molar-refractivity contribution in [3.8, 4) is 0 Å². The van der Waals surface area contributed by atoms with Crippen molar-refractivity contribution in [1.82, 2.24) is 25.2 Å². The number of alkyl carbamates (subject to hydrolysis) is 1. The zero-order valence-electron chi connectivity index (χ0n) is 29.2. The van der Waals surface area contributed by atoms with Crippen LogP contribution in [0.5, 0.6) is 0 Å². The maximum atomic E-state index is 14.4. The number of rotatable bonds is 5. The number of nitrogens with zero attached hydrogens (tertiary/aromatic N) is 2. The van der Waals surface area contributed by atoms with E-state index in [4.69, 9.17) is 9.47 Å². The van der Waals surface area contributed by atoms with E-state index in [9.17, 15) is 37.1 Å². The van der Waals surface area contributed by atoms with Crippen LogP contribution in [0.2, 0.25) is 0 Å². The van der Waals surface area contributed by atoms with E-state index < -0.39 is 86.6 Å². The molecule has 4 N–H and O–H groups in total. The summed E-state index contributed by atoms with van der Waals surface area (Å²) < 4.78 is 53.4.